The molecule has 3 aromatic carbocycles. The first-order chi connectivity index (χ1) is 15.6. The van der Waals surface area contributed by atoms with Crippen molar-refractivity contribution in [3.8, 4) is 23.0 Å². The molecule has 2 heterocycles. The maximum absolute atomic E-state index is 15.4. The Morgan fingerprint density at radius 2 is 1.52 bits per heavy atom. The number of benzene rings is 3. The van der Waals surface area contributed by atoms with Crippen molar-refractivity contribution in [2.24, 2.45) is 0 Å². The normalized spacial score (nSPS) is 14.8. The second-order valence-electron chi connectivity index (χ2n) is 7.24. The number of thioether (sulfide) groups is 1. The van der Waals surface area contributed by atoms with Gasteiger partial charge < -0.3 is 24.8 Å². The lowest BCUT2D eigenvalue weighted by molar-refractivity contribution is -0.133. The van der Waals surface area contributed by atoms with Crippen LogP contribution in [0.5, 0.6) is 23.0 Å². The second-order valence-corrected chi connectivity index (χ2v) is 8.22. The molecule has 0 fully saturated rings. The van der Waals surface area contributed by atoms with E-state index in [1.807, 2.05) is 0 Å². The Bertz CT molecular complexity index is 1340. The number of hydrogen-bond acceptors (Lipinski definition) is 7. The summed E-state index contributed by atoms with van der Waals surface area (Å²) in [4.78, 5) is 23.3. The van der Waals surface area contributed by atoms with Crippen molar-refractivity contribution in [2.75, 3.05) is 5.75 Å². The molecule has 5 rings (SSSR count). The van der Waals surface area contributed by atoms with Crippen molar-refractivity contribution in [1.29, 1.82) is 0 Å². The first-order valence-electron chi connectivity index (χ1n) is 9.28. The summed E-state index contributed by atoms with van der Waals surface area (Å²) >= 11 is 0.309. The number of hydrogen-bond donors (Lipinski definition) is 3. The quantitative estimate of drug-likeness (QED) is 0.292. The monoisotopic (exact) mass is 476 g/mol. The van der Waals surface area contributed by atoms with E-state index in [-0.39, 0.29) is 34.1 Å². The van der Waals surface area contributed by atoms with Gasteiger partial charge in [0, 0.05) is 23.3 Å². The highest BCUT2D eigenvalue weighted by Crippen LogP contribution is 2.59. The summed E-state index contributed by atoms with van der Waals surface area (Å²) in [6, 6.07) is 7.25. The lowest BCUT2D eigenvalue weighted by atomic mass is 9.77. The average molecular weight is 476 g/mol. The molecule has 2 aliphatic rings. The molecule has 3 aromatic rings. The predicted octanol–water partition coefficient (Wildman–Crippen LogP) is 4.26. The Balaban J connectivity index is 1.90. The van der Waals surface area contributed by atoms with Crippen LogP contribution >= 0.6 is 11.8 Å². The van der Waals surface area contributed by atoms with Crippen LogP contribution in [0, 0.1) is 17.5 Å². The van der Waals surface area contributed by atoms with E-state index in [1.165, 1.54) is 24.3 Å². The van der Waals surface area contributed by atoms with Gasteiger partial charge >= 0.3 is 11.9 Å². The van der Waals surface area contributed by atoms with Crippen molar-refractivity contribution in [1.82, 2.24) is 0 Å². The molecule has 1 spiro atoms. The first-order valence-corrected chi connectivity index (χ1v) is 10.3. The topological polar surface area (TPSA) is 113 Å². The average Bonchev–Trinajstić information content (AvgIpc) is 3.05. The molecule has 0 bridgehead atoms. The zero-order valence-electron chi connectivity index (χ0n) is 16.2. The van der Waals surface area contributed by atoms with E-state index in [0.717, 1.165) is 12.1 Å². The summed E-state index contributed by atoms with van der Waals surface area (Å²) in [5, 5.41) is 28.7. The van der Waals surface area contributed by atoms with Crippen LogP contribution in [0.2, 0.25) is 0 Å². The lowest BCUT2D eigenvalue weighted by Crippen LogP contribution is -2.34. The number of phenolic OH excluding ortho intramolecular Hbond substituents is 2. The second kappa shape index (κ2) is 7.07. The summed E-state index contributed by atoms with van der Waals surface area (Å²) in [5.74, 6) is -9.30. The Hall–Kier alpha value is -3.86. The van der Waals surface area contributed by atoms with Crippen molar-refractivity contribution < 1.29 is 47.6 Å². The molecule has 3 N–H and O–H groups in total. The number of rotatable bonds is 3. The summed E-state index contributed by atoms with van der Waals surface area (Å²) in [6.07, 6.45) is 0. The van der Waals surface area contributed by atoms with Gasteiger partial charge in [0.25, 0.3) is 0 Å². The van der Waals surface area contributed by atoms with Crippen LogP contribution in [0.4, 0.5) is 13.2 Å². The number of aromatic hydroxyl groups is 2. The van der Waals surface area contributed by atoms with Gasteiger partial charge in [-0.3, -0.25) is 4.79 Å². The molecule has 33 heavy (non-hydrogen) atoms. The Morgan fingerprint density at radius 1 is 0.939 bits per heavy atom. The molecule has 0 aromatic heterocycles. The van der Waals surface area contributed by atoms with E-state index in [1.54, 1.807) is 0 Å². The third kappa shape index (κ3) is 2.85. The predicted molar refractivity (Wildman–Crippen MR) is 106 cm³/mol. The number of ether oxygens (including phenoxy) is 2. The number of carbonyl (C=O) groups excluding carboxylic acids is 1. The Morgan fingerprint density at radius 3 is 2.06 bits per heavy atom. The third-order valence-corrected chi connectivity index (χ3v) is 6.40. The van der Waals surface area contributed by atoms with Gasteiger partial charge in [-0.2, -0.15) is 0 Å². The van der Waals surface area contributed by atoms with Gasteiger partial charge in [-0.05, 0) is 24.3 Å². The fourth-order valence-electron chi connectivity index (χ4n) is 4.09. The van der Waals surface area contributed by atoms with E-state index >= 15 is 4.39 Å². The number of aliphatic carboxylic acids is 1. The number of carbonyl (C=O) groups is 2. The van der Waals surface area contributed by atoms with Gasteiger partial charge in [-0.1, -0.05) is 0 Å². The fourth-order valence-corrected chi connectivity index (χ4v) is 4.90. The molecule has 0 amide bonds. The van der Waals surface area contributed by atoms with Gasteiger partial charge in [-0.15, -0.1) is 11.8 Å². The van der Waals surface area contributed by atoms with Crippen molar-refractivity contribution in [2.45, 2.75) is 10.5 Å². The zero-order valence-corrected chi connectivity index (χ0v) is 17.0. The maximum Gasteiger partial charge on any atom is 0.341 e. The maximum atomic E-state index is 15.4. The van der Waals surface area contributed by atoms with Gasteiger partial charge in [0.1, 0.15) is 23.0 Å². The minimum Gasteiger partial charge on any atom is -0.508 e. The van der Waals surface area contributed by atoms with Crippen molar-refractivity contribution in [3.05, 3.63) is 76.1 Å². The van der Waals surface area contributed by atoms with Crippen LogP contribution in [-0.4, -0.2) is 33.0 Å². The van der Waals surface area contributed by atoms with Gasteiger partial charge in [0.15, 0.2) is 23.1 Å². The minimum atomic E-state index is -2.16. The summed E-state index contributed by atoms with van der Waals surface area (Å²) in [6.45, 7) is 0. The van der Waals surface area contributed by atoms with Crippen molar-refractivity contribution in [3.63, 3.8) is 0 Å². The van der Waals surface area contributed by atoms with Crippen LogP contribution in [0.25, 0.3) is 0 Å². The fraction of sp³-hybridized carbons (Fsp3) is 0.0909. The summed E-state index contributed by atoms with van der Waals surface area (Å²) in [5.41, 5.74) is -3.47. The number of esters is 1. The number of carboxylic acid groups (broad SMARTS) is 1. The molecule has 11 heteroatoms. The number of fused-ring (bicyclic) bond motifs is 6. The zero-order chi connectivity index (χ0) is 23.7. The van der Waals surface area contributed by atoms with Crippen LogP contribution in [0.15, 0.2) is 41.3 Å². The van der Waals surface area contributed by atoms with Crippen molar-refractivity contribution >= 4 is 23.7 Å². The molecule has 7 nitrogen and oxygen atoms in total. The summed E-state index contributed by atoms with van der Waals surface area (Å²) < 4.78 is 56.1. The Labute approximate surface area is 187 Å². The molecule has 168 valence electrons. The van der Waals surface area contributed by atoms with E-state index in [2.05, 4.69) is 0 Å². The van der Waals surface area contributed by atoms with Gasteiger partial charge in [0.2, 0.25) is 0 Å². The number of halogens is 3. The molecular weight excluding hydrogens is 465 g/mol. The molecule has 2 aliphatic heterocycles. The van der Waals surface area contributed by atoms with E-state index in [0.29, 0.717) is 11.8 Å². The van der Waals surface area contributed by atoms with Crippen LogP contribution in [0.1, 0.15) is 27.0 Å². The summed E-state index contributed by atoms with van der Waals surface area (Å²) in [7, 11) is 0. The molecule has 0 saturated carbocycles. The van der Waals surface area contributed by atoms with E-state index in [4.69, 9.17) is 14.6 Å². The highest BCUT2D eigenvalue weighted by molar-refractivity contribution is 8.00. The highest BCUT2D eigenvalue weighted by atomic mass is 32.2. The Kier molecular flexibility index (Phi) is 4.50. The molecule has 0 radical (unpaired) electrons. The molecular formula is C22H11F3O7S. The lowest BCUT2D eigenvalue weighted by Gasteiger charge is -2.36. The van der Waals surface area contributed by atoms with Crippen LogP contribution < -0.4 is 4.74 Å². The molecule has 0 atom stereocenters. The van der Waals surface area contributed by atoms with E-state index < -0.39 is 56.8 Å². The van der Waals surface area contributed by atoms with Gasteiger partial charge in [0.05, 0.1) is 21.8 Å². The molecule has 0 unspecified atom stereocenters. The minimum absolute atomic E-state index is 0.00434. The third-order valence-electron chi connectivity index (χ3n) is 5.33. The van der Waals surface area contributed by atoms with Crippen LogP contribution in [0.3, 0.4) is 0 Å². The van der Waals surface area contributed by atoms with Gasteiger partial charge in [-0.25, -0.2) is 18.0 Å². The van der Waals surface area contributed by atoms with Crippen LogP contribution in [-0.2, 0) is 15.1 Å². The SMILES string of the molecule is O=C(O)CSc1c(F)c(F)c(F)c2c1C(=O)OC21c2ccc(O)cc2Oc2cc(O)ccc21. The molecule has 0 aliphatic carbocycles. The smallest absolute Gasteiger partial charge is 0.341 e. The largest absolute Gasteiger partial charge is 0.508 e. The molecule has 0 saturated heterocycles. The number of phenols is 2. The van der Waals surface area contributed by atoms with E-state index in [9.17, 15) is 28.6 Å². The highest BCUT2D eigenvalue weighted by Gasteiger charge is 2.57. The first kappa shape index (κ1) is 21.0. The standard InChI is InChI=1S/C22H11F3O7S/c23-17-16-15(20(19(25)18(17)24)33-7-14(28)29)21(30)32-22(16)10-3-1-8(26)5-12(10)31-13-6-9(27)2-4-11(13)22/h1-6,26-27H,7H2,(H,28,29). The number of carboxylic acids is 1.